The highest BCUT2D eigenvalue weighted by Gasteiger charge is 2.45. The van der Waals surface area contributed by atoms with Gasteiger partial charge in [-0.15, -0.1) is 0 Å². The van der Waals surface area contributed by atoms with E-state index in [4.69, 9.17) is 0 Å². The zero-order valence-corrected chi connectivity index (χ0v) is 10.7. The molecule has 2 heteroatoms. The van der Waals surface area contributed by atoms with Gasteiger partial charge in [0.1, 0.15) is 0 Å². The van der Waals surface area contributed by atoms with Crippen LogP contribution in [0.1, 0.15) is 38.5 Å². The van der Waals surface area contributed by atoms with Crippen molar-refractivity contribution in [2.24, 2.45) is 11.8 Å². The first-order chi connectivity index (χ1) is 8.42. The summed E-state index contributed by atoms with van der Waals surface area (Å²) in [5.41, 5.74) is 0. The molecule has 0 radical (unpaired) electrons. The van der Waals surface area contributed by atoms with Crippen LogP contribution in [0.5, 0.6) is 0 Å². The van der Waals surface area contributed by atoms with Crippen LogP contribution in [0.4, 0.5) is 0 Å². The van der Waals surface area contributed by atoms with Gasteiger partial charge >= 0.3 is 0 Å². The predicted octanol–water partition coefficient (Wildman–Crippen LogP) is 2.47. The first-order valence-corrected chi connectivity index (χ1v) is 7.58. The van der Waals surface area contributed by atoms with Crippen LogP contribution in [-0.4, -0.2) is 41.5 Å². The Balaban J connectivity index is 1.59. The van der Waals surface area contributed by atoms with Crippen molar-refractivity contribution in [3.8, 4) is 0 Å². The molecule has 0 N–H and O–H groups in total. The van der Waals surface area contributed by atoms with Crippen molar-refractivity contribution in [2.75, 3.05) is 19.6 Å². The SMILES string of the molecule is C1=CN2C[C@H]3C[C@@H](CN4CCCC[C@@H]34)[C@H]2CC1. The molecule has 94 valence electrons. The second kappa shape index (κ2) is 4.01. The Bertz CT molecular complexity index is 325. The highest BCUT2D eigenvalue weighted by molar-refractivity contribution is 5.05. The number of fused-ring (bicyclic) bond motifs is 6. The van der Waals surface area contributed by atoms with E-state index in [1.165, 1.54) is 58.2 Å². The standard InChI is InChI=1S/C15H24N2/c1-3-7-16-11-13-9-12(14(16)5-1)10-17-8-4-2-6-15(13)17/h3,7,12-15H,1-2,4-6,8-11H2/t12-,13+,14+,15-/m0/s1. The van der Waals surface area contributed by atoms with E-state index in [9.17, 15) is 0 Å². The van der Waals surface area contributed by atoms with Gasteiger partial charge in [-0.25, -0.2) is 0 Å². The van der Waals surface area contributed by atoms with Gasteiger partial charge < -0.3 is 4.90 Å². The average molecular weight is 232 g/mol. The van der Waals surface area contributed by atoms with Crippen molar-refractivity contribution in [3.05, 3.63) is 12.3 Å². The third-order valence-electron chi connectivity index (χ3n) is 5.62. The molecule has 4 heterocycles. The maximum Gasteiger partial charge on any atom is 0.0327 e. The lowest BCUT2D eigenvalue weighted by molar-refractivity contribution is -0.0495. The molecule has 4 aliphatic rings. The van der Waals surface area contributed by atoms with E-state index in [1.807, 2.05) is 0 Å². The predicted molar refractivity (Wildman–Crippen MR) is 69.7 cm³/mol. The number of hydrogen-bond acceptors (Lipinski definition) is 2. The van der Waals surface area contributed by atoms with Crippen LogP contribution in [0.15, 0.2) is 12.3 Å². The lowest BCUT2D eigenvalue weighted by Gasteiger charge is -2.56. The Morgan fingerprint density at radius 2 is 1.88 bits per heavy atom. The second-order valence-electron chi connectivity index (χ2n) is 6.54. The number of piperidine rings is 3. The minimum Gasteiger partial charge on any atom is -0.374 e. The molecule has 2 bridgehead atoms. The Labute approximate surface area is 105 Å². The first-order valence-electron chi connectivity index (χ1n) is 7.58. The van der Waals surface area contributed by atoms with Crippen LogP contribution in [0.25, 0.3) is 0 Å². The molecule has 4 aliphatic heterocycles. The molecule has 2 nitrogen and oxygen atoms in total. The van der Waals surface area contributed by atoms with Gasteiger partial charge in [-0.05, 0) is 56.7 Å². The summed E-state index contributed by atoms with van der Waals surface area (Å²) in [6.07, 6.45) is 13.4. The van der Waals surface area contributed by atoms with E-state index in [1.54, 1.807) is 0 Å². The molecule has 0 saturated carbocycles. The van der Waals surface area contributed by atoms with Crippen molar-refractivity contribution in [3.63, 3.8) is 0 Å². The van der Waals surface area contributed by atoms with Gasteiger partial charge in [0.25, 0.3) is 0 Å². The summed E-state index contributed by atoms with van der Waals surface area (Å²) >= 11 is 0. The molecular weight excluding hydrogens is 208 g/mol. The zero-order chi connectivity index (χ0) is 11.2. The molecule has 0 aromatic carbocycles. The second-order valence-corrected chi connectivity index (χ2v) is 6.54. The number of rotatable bonds is 0. The zero-order valence-electron chi connectivity index (χ0n) is 10.7. The number of hydrogen-bond donors (Lipinski definition) is 0. The summed E-state index contributed by atoms with van der Waals surface area (Å²) in [6.45, 7) is 4.13. The average Bonchev–Trinajstić information content (AvgIpc) is 2.39. The fraction of sp³-hybridized carbons (Fsp3) is 0.867. The highest BCUT2D eigenvalue weighted by Crippen LogP contribution is 2.42. The lowest BCUT2D eigenvalue weighted by atomic mass is 9.71. The summed E-state index contributed by atoms with van der Waals surface area (Å²) in [4.78, 5) is 5.53. The number of allylic oxidation sites excluding steroid dienone is 1. The maximum atomic E-state index is 2.85. The third-order valence-corrected chi connectivity index (χ3v) is 5.62. The molecule has 3 saturated heterocycles. The van der Waals surface area contributed by atoms with Gasteiger partial charge in [-0.2, -0.15) is 0 Å². The van der Waals surface area contributed by atoms with Crippen LogP contribution >= 0.6 is 0 Å². The minimum absolute atomic E-state index is 0.874. The summed E-state index contributed by atoms with van der Waals surface area (Å²) in [6, 6.07) is 1.80. The fourth-order valence-electron chi connectivity index (χ4n) is 4.90. The van der Waals surface area contributed by atoms with E-state index in [0.717, 1.165) is 23.9 Å². The Morgan fingerprint density at radius 1 is 0.941 bits per heavy atom. The Kier molecular flexibility index (Phi) is 2.46. The minimum atomic E-state index is 0.874. The molecule has 4 atom stereocenters. The van der Waals surface area contributed by atoms with Gasteiger partial charge in [-0.3, -0.25) is 4.90 Å². The van der Waals surface area contributed by atoms with E-state index in [2.05, 4.69) is 22.1 Å². The molecule has 17 heavy (non-hydrogen) atoms. The van der Waals surface area contributed by atoms with E-state index < -0.39 is 0 Å². The fourth-order valence-corrected chi connectivity index (χ4v) is 4.90. The van der Waals surface area contributed by atoms with E-state index in [-0.39, 0.29) is 0 Å². The van der Waals surface area contributed by atoms with Crippen LogP contribution in [0.3, 0.4) is 0 Å². The summed E-state index contributed by atoms with van der Waals surface area (Å²) in [5, 5.41) is 0. The molecule has 0 aromatic heterocycles. The smallest absolute Gasteiger partial charge is 0.0327 e. The monoisotopic (exact) mass is 232 g/mol. The van der Waals surface area contributed by atoms with Gasteiger partial charge in [-0.1, -0.05) is 12.5 Å². The van der Waals surface area contributed by atoms with Crippen molar-refractivity contribution in [1.82, 2.24) is 9.80 Å². The van der Waals surface area contributed by atoms with Gasteiger partial charge in [0.2, 0.25) is 0 Å². The largest absolute Gasteiger partial charge is 0.374 e. The van der Waals surface area contributed by atoms with E-state index in [0.29, 0.717) is 0 Å². The Hall–Kier alpha value is -0.500. The van der Waals surface area contributed by atoms with Gasteiger partial charge in [0.15, 0.2) is 0 Å². The lowest BCUT2D eigenvalue weighted by Crippen LogP contribution is -2.61. The molecule has 4 rings (SSSR count). The summed E-state index contributed by atoms with van der Waals surface area (Å²) in [5.74, 6) is 1.93. The molecule has 0 unspecified atom stereocenters. The molecule has 0 aromatic rings. The van der Waals surface area contributed by atoms with Crippen molar-refractivity contribution >= 4 is 0 Å². The molecular formula is C15H24N2. The topological polar surface area (TPSA) is 6.48 Å². The Morgan fingerprint density at radius 3 is 2.88 bits per heavy atom. The van der Waals surface area contributed by atoms with Crippen molar-refractivity contribution in [2.45, 2.75) is 50.6 Å². The van der Waals surface area contributed by atoms with Crippen molar-refractivity contribution in [1.29, 1.82) is 0 Å². The highest BCUT2D eigenvalue weighted by atomic mass is 15.2. The van der Waals surface area contributed by atoms with Crippen LogP contribution in [0.2, 0.25) is 0 Å². The summed E-state index contributed by atoms with van der Waals surface area (Å²) < 4.78 is 0. The molecule has 3 fully saturated rings. The van der Waals surface area contributed by atoms with Crippen LogP contribution in [0, 0.1) is 11.8 Å². The van der Waals surface area contributed by atoms with E-state index >= 15 is 0 Å². The van der Waals surface area contributed by atoms with Crippen molar-refractivity contribution < 1.29 is 0 Å². The quantitative estimate of drug-likeness (QED) is 0.633. The van der Waals surface area contributed by atoms with Crippen LogP contribution in [-0.2, 0) is 0 Å². The molecule has 0 spiro atoms. The molecule has 0 aliphatic carbocycles. The normalized spacial score (nSPS) is 45.3. The maximum absolute atomic E-state index is 2.85. The van der Waals surface area contributed by atoms with Gasteiger partial charge in [0, 0.05) is 25.2 Å². The van der Waals surface area contributed by atoms with Crippen LogP contribution < -0.4 is 0 Å². The summed E-state index contributed by atoms with van der Waals surface area (Å²) in [7, 11) is 0. The third kappa shape index (κ3) is 1.64. The first kappa shape index (κ1) is 10.4. The number of nitrogens with zero attached hydrogens (tertiary/aromatic N) is 2. The molecule has 0 amide bonds. The van der Waals surface area contributed by atoms with Gasteiger partial charge in [0.05, 0.1) is 0 Å².